The largest absolute Gasteiger partial charge is 0.448 e. The van der Waals surface area contributed by atoms with Gasteiger partial charge in [-0.25, -0.2) is 0 Å². The number of hydrogen-bond acceptors (Lipinski definition) is 6. The molecule has 35 heavy (non-hydrogen) atoms. The molecular formula is C29H40O6. The Morgan fingerprint density at radius 2 is 1.74 bits per heavy atom. The average molecular weight is 485 g/mol. The minimum atomic E-state index is -0.557. The molecule has 0 amide bonds. The first-order chi connectivity index (χ1) is 16.8. The van der Waals surface area contributed by atoms with E-state index in [4.69, 9.17) is 30.1 Å². The van der Waals surface area contributed by atoms with Crippen molar-refractivity contribution in [2.45, 2.75) is 89.8 Å². The van der Waals surface area contributed by atoms with Gasteiger partial charge in [0.15, 0.2) is 17.7 Å². The quantitative estimate of drug-likeness (QED) is 0.331. The highest BCUT2D eigenvalue weighted by Crippen LogP contribution is 2.69. The minimum absolute atomic E-state index is 0.174. The van der Waals surface area contributed by atoms with Gasteiger partial charge in [0, 0.05) is 31.1 Å². The molecule has 0 bridgehead atoms. The van der Waals surface area contributed by atoms with Crippen molar-refractivity contribution in [3.8, 4) is 12.3 Å². The number of carbonyl (C=O) groups excluding carboxylic acids is 1. The third-order valence-electron chi connectivity index (χ3n) is 10.9. The van der Waals surface area contributed by atoms with Crippen LogP contribution in [0.2, 0.25) is 0 Å². The van der Waals surface area contributed by atoms with Crippen LogP contribution in [0.15, 0.2) is 11.6 Å². The molecule has 2 heterocycles. The molecule has 0 aromatic rings. The number of allylic oxidation sites excluding steroid dienone is 1. The molecule has 6 rings (SSSR count). The summed E-state index contributed by atoms with van der Waals surface area (Å²) in [5, 5.41) is 0. The Balaban J connectivity index is 1.37. The van der Waals surface area contributed by atoms with Gasteiger partial charge < -0.3 is 23.7 Å². The monoisotopic (exact) mass is 484 g/mol. The van der Waals surface area contributed by atoms with Gasteiger partial charge in [0.1, 0.15) is 0 Å². The lowest BCUT2D eigenvalue weighted by Gasteiger charge is -2.61. The van der Waals surface area contributed by atoms with Crippen LogP contribution < -0.4 is 0 Å². The summed E-state index contributed by atoms with van der Waals surface area (Å²) < 4.78 is 30.5. The smallest absolute Gasteiger partial charge is 0.303 e. The van der Waals surface area contributed by atoms with Gasteiger partial charge in [0.25, 0.3) is 0 Å². The normalized spacial score (nSPS) is 44.0. The average Bonchev–Trinajstić information content (AvgIpc) is 3.56. The molecular weight excluding hydrogens is 444 g/mol. The van der Waals surface area contributed by atoms with Crippen molar-refractivity contribution in [1.29, 1.82) is 0 Å². The van der Waals surface area contributed by atoms with Gasteiger partial charge in [-0.05, 0) is 68.6 Å². The first-order valence-electron chi connectivity index (χ1n) is 13.7. The molecule has 4 aliphatic carbocycles. The maximum absolute atomic E-state index is 12.2. The fraction of sp³-hybridized carbons (Fsp3) is 0.828. The first-order valence-corrected chi connectivity index (χ1v) is 13.7. The van der Waals surface area contributed by atoms with E-state index in [1.165, 1.54) is 18.9 Å². The van der Waals surface area contributed by atoms with Gasteiger partial charge in [0.2, 0.25) is 0 Å². The lowest BCUT2D eigenvalue weighted by molar-refractivity contribution is -0.221. The topological polar surface area (TPSA) is 63.2 Å². The summed E-state index contributed by atoms with van der Waals surface area (Å²) in [6.07, 6.45) is 15.9. The molecule has 0 aromatic heterocycles. The summed E-state index contributed by atoms with van der Waals surface area (Å²) in [5.74, 6) is 3.49. The number of carbonyl (C=O) groups is 1. The first kappa shape index (κ1) is 24.0. The molecule has 0 N–H and O–H groups in total. The molecule has 1 unspecified atom stereocenters. The zero-order valence-corrected chi connectivity index (χ0v) is 21.5. The van der Waals surface area contributed by atoms with Crippen molar-refractivity contribution in [1.82, 2.24) is 0 Å². The van der Waals surface area contributed by atoms with E-state index < -0.39 is 17.7 Å². The predicted octanol–water partition coefficient (Wildman–Crippen LogP) is 4.62. The predicted molar refractivity (Wildman–Crippen MR) is 129 cm³/mol. The van der Waals surface area contributed by atoms with Crippen molar-refractivity contribution >= 4 is 5.97 Å². The van der Waals surface area contributed by atoms with Crippen molar-refractivity contribution in [3.63, 3.8) is 0 Å². The molecule has 7 atom stereocenters. The second-order valence-corrected chi connectivity index (χ2v) is 12.2. The van der Waals surface area contributed by atoms with Gasteiger partial charge in [-0.15, -0.1) is 6.42 Å². The van der Waals surface area contributed by atoms with E-state index in [1.54, 1.807) is 0 Å². The summed E-state index contributed by atoms with van der Waals surface area (Å²) in [5.41, 5.74) is 1.13. The summed E-state index contributed by atoms with van der Waals surface area (Å²) in [4.78, 5) is 12.2. The zero-order valence-electron chi connectivity index (χ0n) is 21.5. The van der Waals surface area contributed by atoms with Crippen LogP contribution in [0.1, 0.15) is 72.1 Å². The highest BCUT2D eigenvalue weighted by Gasteiger charge is 2.66. The van der Waals surface area contributed by atoms with E-state index in [0.29, 0.717) is 50.1 Å². The molecule has 192 valence electrons. The highest BCUT2D eigenvalue weighted by atomic mass is 16.7. The molecule has 1 spiro atoms. The number of ether oxygens (including phenoxy) is 5. The van der Waals surface area contributed by atoms with Gasteiger partial charge >= 0.3 is 5.97 Å². The number of esters is 1. The lowest BCUT2D eigenvalue weighted by Crippen LogP contribution is -2.59. The van der Waals surface area contributed by atoms with E-state index in [1.807, 2.05) is 0 Å². The van der Waals surface area contributed by atoms with Crippen LogP contribution in [0.4, 0.5) is 0 Å². The van der Waals surface area contributed by atoms with Crippen molar-refractivity contribution < 1.29 is 28.5 Å². The maximum atomic E-state index is 12.2. The van der Waals surface area contributed by atoms with Crippen LogP contribution in [-0.4, -0.2) is 50.1 Å². The van der Waals surface area contributed by atoms with Crippen LogP contribution in [0.5, 0.6) is 0 Å². The molecule has 2 aliphatic heterocycles. The Bertz CT molecular complexity index is 937. The SMILES string of the molecule is C#CC(OC(C)=O)[C@]12CCC3(CC1=CC[C@H]1[C@@H]4CC[C@H](C5(C)OCCO5)[C@@]4(C)CC[C@@H]12)OCCO3. The Hall–Kier alpha value is -1.39. The number of hydrogen-bond donors (Lipinski definition) is 0. The minimum Gasteiger partial charge on any atom is -0.448 e. The Labute approximate surface area is 209 Å². The highest BCUT2D eigenvalue weighted by molar-refractivity contribution is 5.66. The molecule has 3 saturated carbocycles. The molecule has 6 heteroatoms. The van der Waals surface area contributed by atoms with Gasteiger partial charge in [-0.3, -0.25) is 4.79 Å². The Morgan fingerprint density at radius 3 is 2.43 bits per heavy atom. The maximum Gasteiger partial charge on any atom is 0.303 e. The van der Waals surface area contributed by atoms with Crippen LogP contribution in [0.25, 0.3) is 0 Å². The standard InChI is InChI=1S/C29H40O6/c1-5-25(35-19(2)30)29-13-12-28(33-16-17-34-28)18-20(29)6-7-21-22-8-9-24(27(4)31-14-15-32-27)26(22,3)11-10-23(21)29/h1,6,21-25H,7-18H2,2-4H3/t21-,22-,23-,24-,25?,26-,29+/m0/s1. The lowest BCUT2D eigenvalue weighted by atomic mass is 9.45. The van der Waals surface area contributed by atoms with Crippen molar-refractivity contribution in [2.24, 2.45) is 34.5 Å². The molecule has 6 aliphatic rings. The fourth-order valence-corrected chi connectivity index (χ4v) is 9.60. The second-order valence-electron chi connectivity index (χ2n) is 12.2. The molecule has 5 fully saturated rings. The van der Waals surface area contributed by atoms with Gasteiger partial charge in [0.05, 0.1) is 26.4 Å². The van der Waals surface area contributed by atoms with E-state index in [9.17, 15) is 4.79 Å². The summed E-state index contributed by atoms with van der Waals surface area (Å²) in [6, 6.07) is 0. The number of rotatable bonds is 3. The van der Waals surface area contributed by atoms with Crippen LogP contribution >= 0.6 is 0 Å². The fourth-order valence-electron chi connectivity index (χ4n) is 9.60. The van der Waals surface area contributed by atoms with E-state index in [0.717, 1.165) is 44.9 Å². The number of terminal acetylenes is 1. The van der Waals surface area contributed by atoms with Crippen LogP contribution in [-0.2, 0) is 28.5 Å². The third kappa shape index (κ3) is 3.41. The van der Waals surface area contributed by atoms with E-state index in [2.05, 4.69) is 25.8 Å². The van der Waals surface area contributed by atoms with Gasteiger partial charge in [-0.1, -0.05) is 24.5 Å². The molecule has 6 nitrogen and oxygen atoms in total. The summed E-state index contributed by atoms with van der Waals surface area (Å²) in [7, 11) is 0. The second kappa shape index (κ2) is 8.31. The third-order valence-corrected chi connectivity index (χ3v) is 10.9. The Kier molecular flexibility index (Phi) is 5.69. The molecule has 0 radical (unpaired) electrons. The van der Waals surface area contributed by atoms with Gasteiger partial charge in [-0.2, -0.15) is 0 Å². The summed E-state index contributed by atoms with van der Waals surface area (Å²) >= 11 is 0. The van der Waals surface area contributed by atoms with Crippen LogP contribution in [0.3, 0.4) is 0 Å². The molecule has 2 saturated heterocycles. The van der Waals surface area contributed by atoms with Crippen molar-refractivity contribution in [3.05, 3.63) is 11.6 Å². The molecule has 0 aromatic carbocycles. The summed E-state index contributed by atoms with van der Waals surface area (Å²) in [6.45, 7) is 8.76. The Morgan fingerprint density at radius 1 is 1.03 bits per heavy atom. The van der Waals surface area contributed by atoms with Crippen molar-refractivity contribution in [2.75, 3.05) is 26.4 Å². The van der Waals surface area contributed by atoms with E-state index >= 15 is 0 Å². The zero-order chi connectivity index (χ0) is 24.5. The number of fused-ring (bicyclic) bond motifs is 5. The van der Waals surface area contributed by atoms with Crippen LogP contribution in [0, 0.1) is 46.8 Å². The van der Waals surface area contributed by atoms with E-state index in [-0.39, 0.29) is 16.8 Å².